The lowest BCUT2D eigenvalue weighted by Crippen LogP contribution is -2.37. The lowest BCUT2D eigenvalue weighted by molar-refractivity contribution is -0.126. The van der Waals surface area contributed by atoms with E-state index in [9.17, 15) is 14.4 Å². The van der Waals surface area contributed by atoms with E-state index in [1.165, 1.54) is 30.1 Å². The summed E-state index contributed by atoms with van der Waals surface area (Å²) in [5, 5.41) is 3.09. The molecule has 0 fully saturated rings. The number of amides is 2. The van der Waals surface area contributed by atoms with Crippen LogP contribution in [0.2, 0.25) is 0 Å². The Labute approximate surface area is 156 Å². The molecule has 1 heterocycles. The third kappa shape index (κ3) is 4.29. The first-order valence-corrected chi connectivity index (χ1v) is 8.95. The van der Waals surface area contributed by atoms with Gasteiger partial charge in [0, 0.05) is 24.5 Å². The highest BCUT2D eigenvalue weighted by atomic mass is 32.1. The maximum Gasteiger partial charge on any atom is 0.342 e. The van der Waals surface area contributed by atoms with Crippen molar-refractivity contribution in [2.75, 3.05) is 17.3 Å². The Morgan fingerprint density at radius 3 is 2.35 bits per heavy atom. The average Bonchev–Trinajstić information content (AvgIpc) is 2.87. The molecule has 0 radical (unpaired) electrons. The van der Waals surface area contributed by atoms with Crippen molar-refractivity contribution in [1.29, 1.82) is 0 Å². The second-order valence-corrected chi connectivity index (χ2v) is 7.17. The van der Waals surface area contributed by atoms with Crippen molar-refractivity contribution in [3.63, 3.8) is 0 Å². The van der Waals surface area contributed by atoms with Gasteiger partial charge in [-0.25, -0.2) is 4.79 Å². The van der Waals surface area contributed by atoms with Gasteiger partial charge in [0.25, 0.3) is 5.91 Å². The van der Waals surface area contributed by atoms with Crippen molar-refractivity contribution >= 4 is 39.8 Å². The lowest BCUT2D eigenvalue weighted by atomic mass is 10.1. The number of para-hydroxylation sites is 1. The zero-order valence-corrected chi connectivity index (χ0v) is 16.3. The number of thiophene rings is 1. The Balaban J connectivity index is 2.17. The van der Waals surface area contributed by atoms with Crippen LogP contribution in [-0.2, 0) is 14.3 Å². The van der Waals surface area contributed by atoms with E-state index in [-0.39, 0.29) is 11.8 Å². The molecule has 1 aromatic heterocycles. The molecule has 2 amide bonds. The minimum Gasteiger partial charge on any atom is -0.449 e. The number of esters is 1. The van der Waals surface area contributed by atoms with Crippen molar-refractivity contribution in [1.82, 2.24) is 0 Å². The van der Waals surface area contributed by atoms with Crippen LogP contribution in [0.1, 0.15) is 34.6 Å². The van der Waals surface area contributed by atoms with Gasteiger partial charge in [-0.3, -0.25) is 9.59 Å². The van der Waals surface area contributed by atoms with Gasteiger partial charge in [0.05, 0.1) is 5.56 Å². The second kappa shape index (κ2) is 8.14. The zero-order valence-electron chi connectivity index (χ0n) is 15.5. The predicted octanol–water partition coefficient (Wildman–Crippen LogP) is 3.53. The fourth-order valence-electron chi connectivity index (χ4n) is 2.44. The monoisotopic (exact) mass is 374 g/mol. The molecule has 138 valence electrons. The van der Waals surface area contributed by atoms with E-state index in [2.05, 4.69) is 5.32 Å². The van der Waals surface area contributed by atoms with Crippen molar-refractivity contribution in [3.05, 3.63) is 46.3 Å². The van der Waals surface area contributed by atoms with Gasteiger partial charge in [-0.2, -0.15) is 0 Å². The molecule has 0 saturated carbocycles. The number of hydrogen-bond donors (Lipinski definition) is 1. The molecule has 0 aliphatic heterocycles. The molecule has 1 N–H and O–H groups in total. The molecule has 1 aromatic carbocycles. The first-order chi connectivity index (χ1) is 12.2. The summed E-state index contributed by atoms with van der Waals surface area (Å²) in [5.41, 5.74) is 1.74. The predicted molar refractivity (Wildman–Crippen MR) is 103 cm³/mol. The fourth-order valence-corrected chi connectivity index (χ4v) is 3.54. The third-order valence-electron chi connectivity index (χ3n) is 3.98. The number of aryl methyl sites for hydroxylation is 1. The molecule has 2 aromatic rings. The summed E-state index contributed by atoms with van der Waals surface area (Å²) in [6.45, 7) is 6.56. The number of carbonyl (C=O) groups is 3. The fraction of sp³-hybridized carbons (Fsp3) is 0.316. The molecule has 26 heavy (non-hydrogen) atoms. The standard InChI is InChI=1S/C19H22N2O4S/c1-11-13(3)26-17(20-14(4)22)16(11)19(24)25-12(2)18(23)21(5)15-9-7-6-8-10-15/h6-10,12H,1-5H3,(H,20,22)/t12-/m0/s1. The molecule has 0 spiro atoms. The van der Waals surface area contributed by atoms with Gasteiger partial charge in [-0.1, -0.05) is 18.2 Å². The average molecular weight is 374 g/mol. The van der Waals surface area contributed by atoms with Crippen LogP contribution in [0.3, 0.4) is 0 Å². The van der Waals surface area contributed by atoms with Crippen LogP contribution in [0, 0.1) is 13.8 Å². The van der Waals surface area contributed by atoms with Crippen LogP contribution in [0.15, 0.2) is 30.3 Å². The number of benzene rings is 1. The quantitative estimate of drug-likeness (QED) is 0.813. The number of anilines is 2. The number of rotatable bonds is 5. The Hall–Kier alpha value is -2.67. The van der Waals surface area contributed by atoms with Crippen molar-refractivity contribution in [3.8, 4) is 0 Å². The van der Waals surface area contributed by atoms with Gasteiger partial charge < -0.3 is 15.0 Å². The molecule has 7 heteroatoms. The highest BCUT2D eigenvalue weighted by Gasteiger charge is 2.27. The zero-order chi connectivity index (χ0) is 19.4. The topological polar surface area (TPSA) is 75.7 Å². The van der Waals surface area contributed by atoms with Crippen LogP contribution >= 0.6 is 11.3 Å². The molecule has 0 bridgehead atoms. The molecule has 0 unspecified atom stereocenters. The minimum absolute atomic E-state index is 0.270. The summed E-state index contributed by atoms with van der Waals surface area (Å²) in [7, 11) is 1.63. The van der Waals surface area contributed by atoms with Crippen LogP contribution < -0.4 is 10.2 Å². The Morgan fingerprint density at radius 2 is 1.77 bits per heavy atom. The molecule has 1 atom stereocenters. The maximum absolute atomic E-state index is 12.6. The van der Waals surface area contributed by atoms with E-state index in [4.69, 9.17) is 4.74 Å². The Morgan fingerprint density at radius 1 is 1.15 bits per heavy atom. The van der Waals surface area contributed by atoms with Gasteiger partial charge in [0.2, 0.25) is 5.91 Å². The Bertz CT molecular complexity index is 830. The molecular formula is C19H22N2O4S. The van der Waals surface area contributed by atoms with Gasteiger partial charge in [0.1, 0.15) is 5.00 Å². The van der Waals surface area contributed by atoms with Gasteiger partial charge in [-0.15, -0.1) is 11.3 Å². The van der Waals surface area contributed by atoms with Gasteiger partial charge >= 0.3 is 5.97 Å². The largest absolute Gasteiger partial charge is 0.449 e. The summed E-state index contributed by atoms with van der Waals surface area (Å²) < 4.78 is 5.38. The summed E-state index contributed by atoms with van der Waals surface area (Å²) in [6, 6.07) is 9.11. The van der Waals surface area contributed by atoms with E-state index in [0.717, 1.165) is 10.4 Å². The summed E-state index contributed by atoms with van der Waals surface area (Å²) >= 11 is 1.31. The number of ether oxygens (including phenoxy) is 1. The van der Waals surface area contributed by atoms with E-state index >= 15 is 0 Å². The molecule has 0 aliphatic carbocycles. The van der Waals surface area contributed by atoms with Crippen LogP contribution in [0.4, 0.5) is 10.7 Å². The van der Waals surface area contributed by atoms with Gasteiger partial charge in [0.15, 0.2) is 6.10 Å². The van der Waals surface area contributed by atoms with E-state index < -0.39 is 12.1 Å². The van der Waals surface area contributed by atoms with E-state index in [1.807, 2.05) is 25.1 Å². The SMILES string of the molecule is CC(=O)Nc1sc(C)c(C)c1C(=O)O[C@@H](C)C(=O)N(C)c1ccccc1. The number of likely N-dealkylation sites (N-methyl/N-ethyl adjacent to an activating group) is 1. The molecular weight excluding hydrogens is 352 g/mol. The van der Waals surface area contributed by atoms with Gasteiger partial charge in [-0.05, 0) is 38.5 Å². The summed E-state index contributed by atoms with van der Waals surface area (Å²) in [4.78, 5) is 38.9. The molecule has 6 nitrogen and oxygen atoms in total. The first-order valence-electron chi connectivity index (χ1n) is 8.13. The van der Waals surface area contributed by atoms with Crippen LogP contribution in [0.5, 0.6) is 0 Å². The number of nitrogens with one attached hydrogen (secondary N) is 1. The third-order valence-corrected chi connectivity index (χ3v) is 5.11. The smallest absolute Gasteiger partial charge is 0.342 e. The number of nitrogens with zero attached hydrogens (tertiary/aromatic N) is 1. The normalized spacial score (nSPS) is 11.6. The van der Waals surface area contributed by atoms with Crippen molar-refractivity contribution in [2.45, 2.75) is 33.8 Å². The van der Waals surface area contributed by atoms with Crippen molar-refractivity contribution < 1.29 is 19.1 Å². The van der Waals surface area contributed by atoms with Crippen molar-refractivity contribution in [2.24, 2.45) is 0 Å². The summed E-state index contributed by atoms with van der Waals surface area (Å²) in [6.07, 6.45) is -0.961. The maximum atomic E-state index is 12.6. The molecule has 0 aliphatic rings. The first kappa shape index (κ1) is 19.7. The molecule has 2 rings (SSSR count). The second-order valence-electron chi connectivity index (χ2n) is 5.95. The molecule has 0 saturated heterocycles. The number of carbonyl (C=O) groups excluding carboxylic acids is 3. The summed E-state index contributed by atoms with van der Waals surface area (Å²) in [5.74, 6) is -1.23. The van der Waals surface area contributed by atoms with Crippen LogP contribution in [0.25, 0.3) is 0 Å². The van der Waals surface area contributed by atoms with Crippen LogP contribution in [-0.4, -0.2) is 30.9 Å². The highest BCUT2D eigenvalue weighted by molar-refractivity contribution is 7.16. The van der Waals surface area contributed by atoms with E-state index in [0.29, 0.717) is 16.3 Å². The number of hydrogen-bond acceptors (Lipinski definition) is 5. The highest BCUT2D eigenvalue weighted by Crippen LogP contribution is 2.33. The minimum atomic E-state index is -0.961. The lowest BCUT2D eigenvalue weighted by Gasteiger charge is -2.21. The Kier molecular flexibility index (Phi) is 6.15. The van der Waals surface area contributed by atoms with E-state index in [1.54, 1.807) is 26.1 Å².